The minimum Gasteiger partial charge on any atom is -0.346 e. The first-order valence-electron chi connectivity index (χ1n) is 9.37. The fourth-order valence-corrected chi connectivity index (χ4v) is 5.53. The Morgan fingerprint density at radius 1 is 1.29 bits per heavy atom. The van der Waals surface area contributed by atoms with Crippen LogP contribution in [0.2, 0.25) is 0 Å². The molecule has 2 aliphatic heterocycles. The highest BCUT2D eigenvalue weighted by molar-refractivity contribution is 5.86. The van der Waals surface area contributed by atoms with Crippen molar-refractivity contribution in [1.82, 2.24) is 9.47 Å². The summed E-state index contributed by atoms with van der Waals surface area (Å²) in [7, 11) is 2.22. The molecule has 4 rings (SSSR count). The molecule has 2 aliphatic rings. The molecule has 0 aliphatic carbocycles. The van der Waals surface area contributed by atoms with Crippen LogP contribution < -0.4 is 0 Å². The zero-order valence-electron chi connectivity index (χ0n) is 15.1. The zero-order valence-corrected chi connectivity index (χ0v) is 15.1. The number of nitrogens with zero attached hydrogens (tertiary/aromatic N) is 2. The van der Waals surface area contributed by atoms with Crippen LogP contribution in [0, 0.1) is 5.41 Å². The summed E-state index contributed by atoms with van der Waals surface area (Å²) in [6.07, 6.45) is 5.31. The molecular weight excluding hydrogens is 296 g/mol. The number of hydrogen-bond acceptors (Lipinski definition) is 2. The van der Waals surface area contributed by atoms with Crippen molar-refractivity contribution >= 4 is 16.7 Å². The Bertz CT molecular complexity index is 790. The predicted molar refractivity (Wildman–Crippen MR) is 98.2 cm³/mol. The molecule has 3 heteroatoms. The predicted octanol–water partition coefficient (Wildman–Crippen LogP) is 4.25. The van der Waals surface area contributed by atoms with E-state index in [4.69, 9.17) is 0 Å². The molecule has 0 N–H and O–H groups in total. The number of benzene rings is 1. The molecule has 24 heavy (non-hydrogen) atoms. The summed E-state index contributed by atoms with van der Waals surface area (Å²) >= 11 is 0. The van der Waals surface area contributed by atoms with Crippen molar-refractivity contribution < 1.29 is 4.79 Å². The maximum absolute atomic E-state index is 12.1. The van der Waals surface area contributed by atoms with Crippen LogP contribution >= 0.6 is 0 Å². The van der Waals surface area contributed by atoms with E-state index in [1.54, 1.807) is 6.92 Å². The first-order chi connectivity index (χ1) is 11.6. The summed E-state index contributed by atoms with van der Waals surface area (Å²) in [5, 5.41) is 1.41. The van der Waals surface area contributed by atoms with Crippen LogP contribution in [0.5, 0.6) is 0 Å². The summed E-state index contributed by atoms with van der Waals surface area (Å²) < 4.78 is 2.41. The maximum atomic E-state index is 12.1. The average molecular weight is 324 g/mol. The van der Waals surface area contributed by atoms with Gasteiger partial charge in [-0.15, -0.1) is 0 Å². The number of rotatable bonds is 3. The van der Waals surface area contributed by atoms with E-state index in [0.717, 1.165) is 19.4 Å². The van der Waals surface area contributed by atoms with Gasteiger partial charge in [-0.1, -0.05) is 25.1 Å². The summed E-state index contributed by atoms with van der Waals surface area (Å²) in [5.41, 5.74) is 4.44. The summed E-state index contributed by atoms with van der Waals surface area (Å²) in [6, 6.07) is 9.18. The van der Waals surface area contributed by atoms with Gasteiger partial charge >= 0.3 is 0 Å². The van der Waals surface area contributed by atoms with E-state index >= 15 is 0 Å². The molecule has 0 radical (unpaired) electrons. The van der Waals surface area contributed by atoms with Gasteiger partial charge in [0.05, 0.1) is 6.04 Å². The standard InChI is InChI=1S/C21H28N2O/c1-4-21(14-15(2)24)11-7-12-23-13-10-17-16-8-5-6-9-18(16)22(3)19(17)20(21)23/h5-6,8-9,20H,4,7,10-14H2,1-3H3. The molecule has 0 bridgehead atoms. The van der Waals surface area contributed by atoms with Gasteiger partial charge in [0.1, 0.15) is 5.78 Å². The molecule has 0 spiro atoms. The lowest BCUT2D eigenvalue weighted by atomic mass is 9.65. The Morgan fingerprint density at radius 3 is 2.83 bits per heavy atom. The van der Waals surface area contributed by atoms with Crippen LogP contribution in [0.1, 0.15) is 56.8 Å². The van der Waals surface area contributed by atoms with Crippen LogP contribution in [-0.4, -0.2) is 28.3 Å². The van der Waals surface area contributed by atoms with Crippen molar-refractivity contribution in [2.75, 3.05) is 13.1 Å². The first kappa shape index (κ1) is 15.9. The van der Waals surface area contributed by atoms with Gasteiger partial charge in [-0.3, -0.25) is 4.90 Å². The second-order valence-electron chi connectivity index (χ2n) is 7.83. The number of piperidine rings is 1. The highest BCUT2D eigenvalue weighted by Crippen LogP contribution is 2.54. The quantitative estimate of drug-likeness (QED) is 0.843. The third kappa shape index (κ3) is 2.17. The third-order valence-electron chi connectivity index (χ3n) is 6.54. The van der Waals surface area contributed by atoms with E-state index < -0.39 is 0 Å². The molecule has 3 heterocycles. The average Bonchev–Trinajstić information content (AvgIpc) is 2.88. The van der Waals surface area contributed by atoms with Gasteiger partial charge in [0.25, 0.3) is 0 Å². The summed E-state index contributed by atoms with van der Waals surface area (Å²) in [6.45, 7) is 6.35. The minimum atomic E-state index is 0.0986. The van der Waals surface area contributed by atoms with Gasteiger partial charge in [-0.2, -0.15) is 0 Å². The van der Waals surface area contributed by atoms with Crippen LogP contribution in [0.4, 0.5) is 0 Å². The van der Waals surface area contributed by atoms with E-state index in [-0.39, 0.29) is 5.41 Å². The minimum absolute atomic E-state index is 0.0986. The van der Waals surface area contributed by atoms with Crippen molar-refractivity contribution in [2.45, 2.75) is 52.0 Å². The highest BCUT2D eigenvalue weighted by Gasteiger charge is 2.48. The molecule has 128 valence electrons. The lowest BCUT2D eigenvalue weighted by Crippen LogP contribution is -2.50. The Kier molecular flexibility index (Phi) is 3.80. The van der Waals surface area contributed by atoms with Gasteiger partial charge in [0, 0.05) is 36.6 Å². The van der Waals surface area contributed by atoms with Crippen LogP contribution in [-0.2, 0) is 18.3 Å². The zero-order chi connectivity index (χ0) is 16.9. The molecule has 1 aromatic heterocycles. The van der Waals surface area contributed by atoms with Crippen molar-refractivity contribution in [3.8, 4) is 0 Å². The number of para-hydroxylation sites is 1. The van der Waals surface area contributed by atoms with Crippen molar-refractivity contribution in [3.05, 3.63) is 35.5 Å². The Labute approximate surface area is 144 Å². The summed E-state index contributed by atoms with van der Waals surface area (Å²) in [5.74, 6) is 0.338. The molecule has 1 saturated heterocycles. The number of carbonyl (C=O) groups is 1. The number of aromatic nitrogens is 1. The van der Waals surface area contributed by atoms with E-state index in [2.05, 4.69) is 47.7 Å². The van der Waals surface area contributed by atoms with Crippen LogP contribution in [0.25, 0.3) is 10.9 Å². The third-order valence-corrected chi connectivity index (χ3v) is 6.54. The topological polar surface area (TPSA) is 25.2 Å². The van der Waals surface area contributed by atoms with Crippen molar-refractivity contribution in [1.29, 1.82) is 0 Å². The molecule has 2 unspecified atom stereocenters. The molecule has 1 fully saturated rings. The monoisotopic (exact) mass is 324 g/mol. The molecule has 0 saturated carbocycles. The van der Waals surface area contributed by atoms with Crippen LogP contribution in [0.3, 0.4) is 0 Å². The number of Topliss-reactive ketones (excluding diaryl/α,β-unsaturated/α-hetero) is 1. The van der Waals surface area contributed by atoms with Gasteiger partial charge < -0.3 is 9.36 Å². The van der Waals surface area contributed by atoms with Crippen molar-refractivity contribution in [2.24, 2.45) is 12.5 Å². The van der Waals surface area contributed by atoms with Gasteiger partial charge in [-0.25, -0.2) is 0 Å². The van der Waals surface area contributed by atoms with E-state index in [9.17, 15) is 4.79 Å². The summed E-state index contributed by atoms with van der Waals surface area (Å²) in [4.78, 5) is 14.8. The second kappa shape index (κ2) is 5.73. The second-order valence-corrected chi connectivity index (χ2v) is 7.83. The van der Waals surface area contributed by atoms with Gasteiger partial charge in [0.2, 0.25) is 0 Å². The van der Waals surface area contributed by atoms with Crippen LogP contribution in [0.15, 0.2) is 24.3 Å². The Morgan fingerprint density at radius 2 is 2.08 bits per heavy atom. The molecular formula is C21H28N2O. The Balaban J connectivity index is 1.94. The number of carbonyl (C=O) groups excluding carboxylic acids is 1. The van der Waals surface area contributed by atoms with Crippen molar-refractivity contribution in [3.63, 3.8) is 0 Å². The fourth-order valence-electron chi connectivity index (χ4n) is 5.53. The number of ketones is 1. The maximum Gasteiger partial charge on any atom is 0.130 e. The SMILES string of the molecule is CCC1(CC(C)=O)CCCN2CCc3c(n(C)c4ccccc34)C21. The lowest BCUT2D eigenvalue weighted by molar-refractivity contribution is -0.122. The van der Waals surface area contributed by atoms with Gasteiger partial charge in [0.15, 0.2) is 0 Å². The Hall–Kier alpha value is -1.61. The number of fused-ring (bicyclic) bond motifs is 5. The van der Waals surface area contributed by atoms with Gasteiger partial charge in [-0.05, 0) is 56.2 Å². The van der Waals surface area contributed by atoms with E-state index in [1.165, 1.54) is 41.5 Å². The van der Waals surface area contributed by atoms with E-state index in [1.807, 2.05) is 0 Å². The molecule has 2 atom stereocenters. The lowest BCUT2D eigenvalue weighted by Gasteiger charge is -2.52. The molecule has 0 amide bonds. The largest absolute Gasteiger partial charge is 0.346 e. The normalized spacial score (nSPS) is 27.0. The molecule has 2 aromatic rings. The smallest absolute Gasteiger partial charge is 0.130 e. The first-order valence-corrected chi connectivity index (χ1v) is 9.37. The number of aryl methyl sites for hydroxylation is 1. The number of hydrogen-bond donors (Lipinski definition) is 0. The molecule has 1 aromatic carbocycles. The molecule has 3 nitrogen and oxygen atoms in total. The highest BCUT2D eigenvalue weighted by atomic mass is 16.1. The fraction of sp³-hybridized carbons (Fsp3) is 0.571. The van der Waals surface area contributed by atoms with E-state index in [0.29, 0.717) is 18.2 Å².